The number of imide groups is 1. The molecule has 1 atom stereocenters. The zero-order valence-electron chi connectivity index (χ0n) is 15.5. The minimum atomic E-state index is -0.531. The van der Waals surface area contributed by atoms with E-state index in [9.17, 15) is 14.4 Å². The monoisotopic (exact) mass is 358 g/mol. The Bertz CT molecular complexity index is 464. The van der Waals surface area contributed by atoms with Gasteiger partial charge in [-0.15, -0.1) is 0 Å². The summed E-state index contributed by atoms with van der Waals surface area (Å²) in [6.45, 7) is 9.05. The van der Waals surface area contributed by atoms with Crippen molar-refractivity contribution in [1.82, 2.24) is 21.0 Å². The number of nitrogens with one attached hydrogen (secondary N) is 3. The second kappa shape index (κ2) is 10.3. The van der Waals surface area contributed by atoms with Gasteiger partial charge in [0.05, 0.1) is 6.04 Å². The summed E-state index contributed by atoms with van der Waals surface area (Å²) in [4.78, 5) is 41.9. The van der Waals surface area contributed by atoms with Gasteiger partial charge in [0, 0.05) is 26.1 Å². The number of alkyl carbamates (subject to hydrolysis) is 1. The molecule has 1 aliphatic rings. The molecule has 0 spiro atoms. The first-order chi connectivity index (χ1) is 11.7. The molecule has 1 fully saturated rings. The summed E-state index contributed by atoms with van der Waals surface area (Å²) in [5.41, 5.74) is 2.21. The summed E-state index contributed by atoms with van der Waals surface area (Å²) in [6.07, 6.45) is 1.21. The predicted octanol–water partition coefficient (Wildman–Crippen LogP) is 0.507. The number of nitrogens with zero attached hydrogens (tertiary/aromatic N) is 1. The van der Waals surface area contributed by atoms with Crippen molar-refractivity contribution in [1.29, 1.82) is 0 Å². The van der Waals surface area contributed by atoms with Gasteiger partial charge in [-0.1, -0.05) is 6.92 Å². The van der Waals surface area contributed by atoms with Crippen LogP contribution in [0.3, 0.4) is 0 Å². The molecule has 0 saturated carbocycles. The van der Waals surface area contributed by atoms with E-state index in [2.05, 4.69) is 16.1 Å². The molecule has 3 N–H and O–H groups in total. The average Bonchev–Trinajstić information content (AvgIpc) is 2.48. The summed E-state index contributed by atoms with van der Waals surface area (Å²) >= 11 is 0. The van der Waals surface area contributed by atoms with Gasteiger partial charge >= 0.3 is 6.09 Å². The van der Waals surface area contributed by atoms with E-state index in [1.165, 1.54) is 0 Å². The molecule has 3 amide bonds. The third-order valence-corrected chi connectivity index (χ3v) is 3.39. The summed E-state index contributed by atoms with van der Waals surface area (Å²) in [7, 11) is 0. The maximum Gasteiger partial charge on any atom is 0.407 e. The molecule has 1 rings (SSSR count). The lowest BCUT2D eigenvalue weighted by molar-refractivity contribution is -0.141. The Labute approximate surface area is 148 Å². The van der Waals surface area contributed by atoms with Crippen LogP contribution in [0.2, 0.25) is 0 Å². The Morgan fingerprint density at radius 2 is 2.04 bits per heavy atom. The molecule has 0 aromatic carbocycles. The van der Waals surface area contributed by atoms with Crippen molar-refractivity contribution in [2.45, 2.75) is 58.6 Å². The number of hydrogen-bond donors (Lipinski definition) is 3. The van der Waals surface area contributed by atoms with Crippen LogP contribution >= 0.6 is 0 Å². The van der Waals surface area contributed by atoms with Crippen LogP contribution in [0, 0.1) is 0 Å². The first-order valence-corrected chi connectivity index (χ1v) is 8.62. The summed E-state index contributed by atoms with van der Waals surface area (Å²) in [5.74, 6) is -0.509. The molecule has 1 aliphatic heterocycles. The van der Waals surface area contributed by atoms with E-state index in [-0.39, 0.29) is 24.6 Å². The van der Waals surface area contributed by atoms with E-state index in [0.717, 1.165) is 6.42 Å². The average molecular weight is 358 g/mol. The lowest BCUT2D eigenvalue weighted by Crippen LogP contribution is -2.53. The van der Waals surface area contributed by atoms with Crippen molar-refractivity contribution >= 4 is 17.9 Å². The largest absolute Gasteiger partial charge is 0.444 e. The van der Waals surface area contributed by atoms with Crippen molar-refractivity contribution in [3.05, 3.63) is 0 Å². The lowest BCUT2D eigenvalue weighted by Gasteiger charge is -2.32. The van der Waals surface area contributed by atoms with E-state index in [1.807, 2.05) is 11.8 Å². The highest BCUT2D eigenvalue weighted by Gasteiger charge is 2.31. The normalized spacial score (nSPS) is 18.2. The molecule has 1 heterocycles. The van der Waals surface area contributed by atoms with Crippen molar-refractivity contribution in [2.24, 2.45) is 0 Å². The highest BCUT2D eigenvalue weighted by molar-refractivity contribution is 6.00. The third kappa shape index (κ3) is 8.80. The zero-order chi connectivity index (χ0) is 18.9. The van der Waals surface area contributed by atoms with Crippen molar-refractivity contribution in [3.63, 3.8) is 0 Å². The molecule has 1 saturated heterocycles. The number of amides is 3. The van der Waals surface area contributed by atoms with E-state index < -0.39 is 11.7 Å². The summed E-state index contributed by atoms with van der Waals surface area (Å²) in [6, 6.07) is -0.362. The van der Waals surface area contributed by atoms with Crippen LogP contribution in [-0.4, -0.2) is 60.8 Å². The number of piperidine rings is 1. The Morgan fingerprint density at radius 1 is 1.32 bits per heavy atom. The minimum Gasteiger partial charge on any atom is -0.444 e. The molecule has 144 valence electrons. The number of hydrogen-bond acceptors (Lipinski definition) is 7. The fourth-order valence-corrected chi connectivity index (χ4v) is 2.36. The van der Waals surface area contributed by atoms with Crippen LogP contribution in [0.1, 0.15) is 47.0 Å². The van der Waals surface area contributed by atoms with Crippen molar-refractivity contribution < 1.29 is 24.0 Å². The van der Waals surface area contributed by atoms with E-state index in [4.69, 9.17) is 9.57 Å². The third-order valence-electron chi connectivity index (χ3n) is 3.39. The quantitative estimate of drug-likeness (QED) is 0.238. The van der Waals surface area contributed by atoms with Gasteiger partial charge in [-0.3, -0.25) is 24.6 Å². The van der Waals surface area contributed by atoms with Crippen LogP contribution in [0.25, 0.3) is 0 Å². The van der Waals surface area contributed by atoms with Crippen LogP contribution in [0.5, 0.6) is 0 Å². The van der Waals surface area contributed by atoms with Crippen molar-refractivity contribution in [2.75, 3.05) is 26.4 Å². The number of carbonyl (C=O) groups is 3. The van der Waals surface area contributed by atoms with Gasteiger partial charge in [0.2, 0.25) is 11.8 Å². The molecular formula is C16H30N4O5. The molecule has 0 aromatic heterocycles. The smallest absolute Gasteiger partial charge is 0.407 e. The lowest BCUT2D eigenvalue weighted by atomic mass is 10.0. The molecule has 1 unspecified atom stereocenters. The van der Waals surface area contributed by atoms with Crippen LogP contribution in [-0.2, 0) is 19.2 Å². The Hall–Kier alpha value is -1.71. The fourth-order valence-electron chi connectivity index (χ4n) is 2.36. The summed E-state index contributed by atoms with van der Waals surface area (Å²) < 4.78 is 5.12. The van der Waals surface area contributed by atoms with Crippen LogP contribution in [0.15, 0.2) is 0 Å². The Balaban J connectivity index is 2.24. The molecule has 9 heteroatoms. The van der Waals surface area contributed by atoms with Crippen LogP contribution < -0.4 is 16.1 Å². The fraction of sp³-hybridized carbons (Fsp3) is 0.812. The second-order valence-electron chi connectivity index (χ2n) is 6.88. The number of ether oxygens (including phenoxy) is 1. The second-order valence-corrected chi connectivity index (χ2v) is 6.88. The van der Waals surface area contributed by atoms with Gasteiger partial charge in [-0.05, 0) is 33.6 Å². The van der Waals surface area contributed by atoms with Gasteiger partial charge in [0.25, 0.3) is 0 Å². The highest BCUT2D eigenvalue weighted by atomic mass is 16.7. The van der Waals surface area contributed by atoms with E-state index in [1.54, 1.807) is 20.8 Å². The van der Waals surface area contributed by atoms with Gasteiger partial charge < -0.3 is 10.1 Å². The maximum atomic E-state index is 11.9. The van der Waals surface area contributed by atoms with E-state index >= 15 is 0 Å². The number of rotatable bonds is 9. The highest BCUT2D eigenvalue weighted by Crippen LogP contribution is 2.12. The van der Waals surface area contributed by atoms with Crippen molar-refractivity contribution in [3.8, 4) is 0 Å². The molecule has 0 aliphatic carbocycles. The molecule has 0 radical (unpaired) electrons. The Morgan fingerprint density at radius 3 is 2.64 bits per heavy atom. The number of carbonyl (C=O) groups excluding carboxylic acids is 3. The Kier molecular flexibility index (Phi) is 8.81. The van der Waals surface area contributed by atoms with Gasteiger partial charge in [-0.2, -0.15) is 5.48 Å². The first kappa shape index (κ1) is 21.3. The molecule has 25 heavy (non-hydrogen) atoms. The standard InChI is InChI=1S/C16H30N4O5/c1-5-10-20(12-6-7-13(21)19-14(12)22)11-24-18-9-8-17-15(23)25-16(2,3)4/h12,18H,5-11H2,1-4H3,(H,17,23)(H,19,21,22). The predicted molar refractivity (Wildman–Crippen MR) is 91.4 cm³/mol. The van der Waals surface area contributed by atoms with Gasteiger partial charge in [-0.25, -0.2) is 4.79 Å². The molecule has 0 bridgehead atoms. The summed E-state index contributed by atoms with van der Waals surface area (Å²) in [5, 5.41) is 4.96. The molecule has 9 nitrogen and oxygen atoms in total. The van der Waals surface area contributed by atoms with Gasteiger partial charge in [0.1, 0.15) is 12.3 Å². The van der Waals surface area contributed by atoms with E-state index in [0.29, 0.717) is 32.5 Å². The molecule has 0 aromatic rings. The topological polar surface area (TPSA) is 109 Å². The van der Waals surface area contributed by atoms with Crippen LogP contribution in [0.4, 0.5) is 4.79 Å². The minimum absolute atomic E-state index is 0.215. The van der Waals surface area contributed by atoms with Gasteiger partial charge in [0.15, 0.2) is 0 Å². The molecular weight excluding hydrogens is 328 g/mol. The number of hydroxylamine groups is 1. The SMILES string of the molecule is CCCN(CONCCNC(=O)OC(C)(C)C)C1CCC(=O)NC1=O. The zero-order valence-corrected chi connectivity index (χ0v) is 15.5. The maximum absolute atomic E-state index is 11.9. The first-order valence-electron chi connectivity index (χ1n) is 8.62.